The molecule has 0 aromatic rings. The van der Waals surface area contributed by atoms with Crippen molar-refractivity contribution < 1.29 is 70.1 Å². The monoisotopic (exact) mass is 374 g/mol. The van der Waals surface area contributed by atoms with Gasteiger partial charge in [-0.05, 0) is 0 Å². The first-order valence-electron chi connectivity index (χ1n) is 2.44. The third-order valence-corrected chi connectivity index (χ3v) is 7.11. The molecule has 1 aliphatic rings. The van der Waals surface area contributed by atoms with Crippen LogP contribution in [-0.4, -0.2) is 0 Å². The van der Waals surface area contributed by atoms with E-state index in [1.54, 1.807) is 0 Å². The second kappa shape index (κ2) is 4.37. The van der Waals surface area contributed by atoms with Crippen LogP contribution < -0.4 is 29.3 Å². The molecule has 1 radical (unpaired) electrons. The summed E-state index contributed by atoms with van der Waals surface area (Å²) >= 11 is 0. The summed E-state index contributed by atoms with van der Waals surface area (Å²) in [6, 6.07) is 0. The minimum absolute atomic E-state index is 0. The average molecular weight is 374 g/mol. The molecular weight excluding hydrogens is 371 g/mol. The van der Waals surface area contributed by atoms with Gasteiger partial charge < -0.3 is 28.4 Å². The molecule has 0 spiro atoms. The van der Waals surface area contributed by atoms with Crippen LogP contribution in [0.5, 0.6) is 0 Å². The molecule has 1 aliphatic heterocycles. The fraction of sp³-hybridized carbons (Fsp3) is 0. The molecule has 13 heavy (non-hydrogen) atoms. The number of rotatable bonds is 0. The van der Waals surface area contributed by atoms with Crippen molar-refractivity contribution in [3.63, 3.8) is 0 Å². The minimum atomic E-state index is -4.79. The molecule has 0 saturated carbocycles. The predicted octanol–water partition coefficient (Wildman–Crippen LogP) is -2.83. The van der Waals surface area contributed by atoms with Crippen LogP contribution in [0.15, 0.2) is 0 Å². The molecule has 0 bridgehead atoms. The third-order valence-electron chi connectivity index (χ3n) is 0.790. The molecule has 0 unspecified atom stereocenters. The van der Waals surface area contributed by atoms with Crippen molar-refractivity contribution >= 4 is 23.0 Å². The molecule has 1 rings (SSSR count). The van der Waals surface area contributed by atoms with Gasteiger partial charge in [0, 0.05) is 0 Å². The van der Waals surface area contributed by atoms with Gasteiger partial charge in [0.05, 0.1) is 0 Å². The predicted molar refractivity (Wildman–Crippen MR) is 32.2 cm³/mol. The fourth-order valence-corrected chi connectivity index (χ4v) is 6.49. The molecule has 1 saturated heterocycles. The van der Waals surface area contributed by atoms with Gasteiger partial charge in [-0.25, -0.2) is 14.6 Å². The molecule has 0 aliphatic carbocycles. The summed E-state index contributed by atoms with van der Waals surface area (Å²) in [6.07, 6.45) is 0. The van der Waals surface area contributed by atoms with E-state index in [1.165, 1.54) is 0 Å². The van der Waals surface area contributed by atoms with Crippen molar-refractivity contribution in [2.24, 2.45) is 0 Å². The summed E-state index contributed by atoms with van der Waals surface area (Å²) < 4.78 is 31.5. The average Bonchev–Trinajstić information content (AvgIpc) is 1.44. The van der Waals surface area contributed by atoms with Gasteiger partial charge in [-0.1, -0.05) is 0 Å². The first-order chi connectivity index (χ1) is 5.12. The Hall–Kier alpha value is 1.83. The number of hydrogen-bond acceptors (Lipinski definition) is 6. The normalized spacial score (nSPS) is 51.0. The molecule has 0 amide bonds. The van der Waals surface area contributed by atoms with Gasteiger partial charge in [-0.15, -0.1) is 0 Å². The molecule has 13 heteroatoms. The van der Waals surface area contributed by atoms with Gasteiger partial charge in [0.25, 0.3) is 0 Å². The number of nitrogens with one attached hydrogen (secondary N) is 3. The van der Waals surface area contributed by atoms with E-state index in [1.807, 2.05) is 0 Å². The van der Waals surface area contributed by atoms with Crippen molar-refractivity contribution in [2.45, 2.75) is 0 Å². The van der Waals surface area contributed by atoms with Crippen LogP contribution >= 0.6 is 23.0 Å². The second-order valence-corrected chi connectivity index (χ2v) is 7.66. The summed E-state index contributed by atoms with van der Waals surface area (Å²) in [5.74, 6) is 0. The van der Waals surface area contributed by atoms with E-state index < -0.39 is 23.0 Å². The van der Waals surface area contributed by atoms with E-state index in [4.69, 9.17) is 0 Å². The Kier molecular flexibility index (Phi) is 4.98. The Morgan fingerprint density at radius 1 is 0.692 bits per heavy atom. The van der Waals surface area contributed by atoms with Crippen LogP contribution in [-0.2, 0) is 13.7 Å². The third kappa shape index (κ3) is 4.92. The Morgan fingerprint density at radius 3 is 1.00 bits per heavy atom. The molecule has 1 heterocycles. The summed E-state index contributed by atoms with van der Waals surface area (Å²) in [4.78, 5) is 34.8. The van der Waals surface area contributed by atoms with Crippen LogP contribution in [0.4, 0.5) is 0 Å². The van der Waals surface area contributed by atoms with Gasteiger partial charge in [-0.2, -0.15) is 0 Å². The van der Waals surface area contributed by atoms with E-state index >= 15 is 0 Å². The van der Waals surface area contributed by atoms with Crippen LogP contribution in [0.3, 0.4) is 0 Å². The van der Waals surface area contributed by atoms with E-state index in [-0.39, 0.29) is 41.7 Å². The van der Waals surface area contributed by atoms with E-state index in [2.05, 4.69) is 0 Å². The Bertz CT molecular complexity index is 268. The maximum Gasteiger partial charge on any atom is 3.00 e. The van der Waals surface area contributed by atoms with Crippen LogP contribution in [0.1, 0.15) is 0 Å². The van der Waals surface area contributed by atoms with Crippen molar-refractivity contribution in [1.29, 1.82) is 0 Å². The van der Waals surface area contributed by atoms with E-state index in [0.717, 1.165) is 14.6 Å². The minimum Gasteiger partial charge on any atom is -0.775 e. The van der Waals surface area contributed by atoms with Gasteiger partial charge >= 0.3 is 41.7 Å². The van der Waals surface area contributed by atoms with Crippen LogP contribution in [0, 0.1) is 41.7 Å². The zero-order valence-electron chi connectivity index (χ0n) is 5.79. The van der Waals surface area contributed by atoms with Crippen molar-refractivity contribution in [2.75, 3.05) is 0 Å². The maximum atomic E-state index is 10.5. The van der Waals surface area contributed by atoms with E-state index in [0.29, 0.717) is 0 Å². The largest absolute Gasteiger partial charge is 3.00 e. The van der Waals surface area contributed by atoms with Crippen LogP contribution in [0.25, 0.3) is 0 Å². The smallest absolute Gasteiger partial charge is 0.775 e. The van der Waals surface area contributed by atoms with Crippen molar-refractivity contribution in [1.82, 2.24) is 14.6 Å². The Labute approximate surface area is 107 Å². The van der Waals surface area contributed by atoms with Crippen molar-refractivity contribution in [3.05, 3.63) is 0 Å². The molecule has 73 valence electrons. The molecule has 0 atom stereocenters. The van der Waals surface area contributed by atoms with Crippen LogP contribution in [0.2, 0.25) is 0 Å². The molecule has 0 aromatic heterocycles. The number of hydrogen-bond donors (Lipinski definition) is 3. The first-order valence-corrected chi connectivity index (χ1v) is 7.31. The molecule has 1 fully saturated rings. The quantitative estimate of drug-likeness (QED) is 0.380. The van der Waals surface area contributed by atoms with E-state index in [9.17, 15) is 28.4 Å². The molecule has 9 nitrogen and oxygen atoms in total. The summed E-state index contributed by atoms with van der Waals surface area (Å²) in [6.45, 7) is 0. The fourth-order valence-electron chi connectivity index (χ4n) is 0.587. The summed E-state index contributed by atoms with van der Waals surface area (Å²) in [5, 5.41) is 0. The first kappa shape index (κ1) is 14.8. The SMILES string of the molecule is O=P1([O-])NP(=O)([O-])NP(=O)([O-])N1.[Ce+3]. The standard InChI is InChI=1S/Ce.H6N3O6P3/c;4-10(5)1-11(6,7)3-12(8,9)2-10/h;(H6,1,2,3,4,5,6,7,8,9)/q+3;/p-3. The second-order valence-electron chi connectivity index (χ2n) is 1.95. The molecule has 0 aromatic carbocycles. The van der Waals surface area contributed by atoms with Gasteiger partial charge in [0.2, 0.25) is 0 Å². The van der Waals surface area contributed by atoms with Gasteiger partial charge in [0.15, 0.2) is 23.0 Å². The zero-order valence-corrected chi connectivity index (χ0v) is 11.6. The maximum absolute atomic E-state index is 10.5. The topological polar surface area (TPSA) is 156 Å². The zero-order chi connectivity index (χ0) is 9.62. The molecular formula is H3CeN3O6P3. The Morgan fingerprint density at radius 2 is 0.846 bits per heavy atom. The van der Waals surface area contributed by atoms with Crippen molar-refractivity contribution in [3.8, 4) is 0 Å². The molecule has 3 N–H and O–H groups in total. The Balaban J connectivity index is 0.00000144. The summed E-state index contributed by atoms with van der Waals surface area (Å²) in [5.41, 5.74) is 0. The van der Waals surface area contributed by atoms with Gasteiger partial charge in [-0.3, -0.25) is 0 Å². The summed E-state index contributed by atoms with van der Waals surface area (Å²) in [7, 11) is -14.4. The van der Waals surface area contributed by atoms with Gasteiger partial charge in [0.1, 0.15) is 0 Å².